The number of benzene rings is 1. The average molecular weight is 312 g/mol. The first-order chi connectivity index (χ1) is 9.50. The van der Waals surface area contributed by atoms with E-state index in [2.05, 4.69) is 4.98 Å². The average Bonchev–Trinajstić information content (AvgIpc) is 2.72. The summed E-state index contributed by atoms with van der Waals surface area (Å²) in [7, 11) is -1.36. The minimum atomic E-state index is -2.97. The topological polar surface area (TPSA) is 64.1 Å². The van der Waals surface area contributed by atoms with Crippen LogP contribution in [0.2, 0.25) is 0 Å². The Labute approximate surface area is 122 Å². The number of sulfone groups is 1. The van der Waals surface area contributed by atoms with Crippen molar-refractivity contribution in [1.29, 1.82) is 0 Å². The fourth-order valence-corrected chi connectivity index (χ4v) is 4.83. The number of nitrogens with zero attached hydrogens (tertiary/aromatic N) is 1. The molecule has 20 heavy (non-hydrogen) atoms. The molecular weight excluding hydrogens is 296 g/mol. The van der Waals surface area contributed by atoms with Crippen molar-refractivity contribution in [1.82, 2.24) is 9.55 Å². The van der Waals surface area contributed by atoms with Gasteiger partial charge in [0.1, 0.15) is 5.75 Å². The minimum Gasteiger partial charge on any atom is -0.497 e. The molecule has 1 unspecified atom stereocenters. The first-order valence-electron chi connectivity index (χ1n) is 6.49. The Morgan fingerprint density at radius 3 is 2.95 bits per heavy atom. The third-order valence-corrected chi connectivity index (χ3v) is 5.83. The predicted octanol–water partition coefficient (Wildman–Crippen LogP) is 2.46. The number of aromatic amines is 1. The van der Waals surface area contributed by atoms with E-state index in [0.717, 1.165) is 23.2 Å². The molecule has 0 saturated carbocycles. The molecule has 108 valence electrons. The van der Waals surface area contributed by atoms with Gasteiger partial charge >= 0.3 is 0 Å². The molecule has 1 fully saturated rings. The van der Waals surface area contributed by atoms with Gasteiger partial charge in [-0.3, -0.25) is 0 Å². The van der Waals surface area contributed by atoms with Crippen LogP contribution in [0.5, 0.6) is 5.75 Å². The summed E-state index contributed by atoms with van der Waals surface area (Å²) in [4.78, 5) is 3.13. The van der Waals surface area contributed by atoms with Gasteiger partial charge < -0.3 is 14.3 Å². The molecule has 1 aliphatic heterocycles. The van der Waals surface area contributed by atoms with E-state index < -0.39 is 9.84 Å². The van der Waals surface area contributed by atoms with Crippen molar-refractivity contribution in [2.45, 2.75) is 18.9 Å². The first-order valence-corrected chi connectivity index (χ1v) is 8.72. The van der Waals surface area contributed by atoms with E-state index in [1.807, 2.05) is 22.8 Å². The molecule has 0 bridgehead atoms. The van der Waals surface area contributed by atoms with Crippen LogP contribution in [0.25, 0.3) is 11.0 Å². The van der Waals surface area contributed by atoms with E-state index in [1.54, 1.807) is 7.11 Å². The smallest absolute Gasteiger partial charge is 0.178 e. The number of hydrogen-bond donors (Lipinski definition) is 1. The summed E-state index contributed by atoms with van der Waals surface area (Å²) in [6.07, 6.45) is 1.52. The molecule has 1 atom stereocenters. The number of fused-ring (bicyclic) bond motifs is 1. The number of rotatable bonds is 2. The highest BCUT2D eigenvalue weighted by Crippen LogP contribution is 2.29. The van der Waals surface area contributed by atoms with Crippen LogP contribution in [0.3, 0.4) is 0 Å². The Morgan fingerprint density at radius 2 is 2.25 bits per heavy atom. The van der Waals surface area contributed by atoms with Gasteiger partial charge in [0.25, 0.3) is 0 Å². The Kier molecular flexibility index (Phi) is 3.33. The van der Waals surface area contributed by atoms with E-state index in [1.165, 1.54) is 0 Å². The van der Waals surface area contributed by atoms with Crippen molar-refractivity contribution in [3.63, 3.8) is 0 Å². The SMILES string of the molecule is COc1ccc2[nH]c(=S)n(C3CCCS(=O)(=O)C3)c2c1. The molecule has 0 amide bonds. The largest absolute Gasteiger partial charge is 0.497 e. The maximum atomic E-state index is 11.8. The second-order valence-corrected chi connectivity index (χ2v) is 7.71. The number of H-pyrrole nitrogens is 1. The van der Waals surface area contributed by atoms with Crippen molar-refractivity contribution >= 4 is 33.1 Å². The number of imidazole rings is 1. The van der Waals surface area contributed by atoms with Crippen molar-refractivity contribution in [3.05, 3.63) is 23.0 Å². The highest BCUT2D eigenvalue weighted by Gasteiger charge is 2.27. The van der Waals surface area contributed by atoms with Crippen LogP contribution < -0.4 is 4.74 Å². The zero-order chi connectivity index (χ0) is 14.3. The number of hydrogen-bond acceptors (Lipinski definition) is 4. The van der Waals surface area contributed by atoms with Crippen LogP contribution in [0.15, 0.2) is 18.2 Å². The van der Waals surface area contributed by atoms with Gasteiger partial charge in [-0.1, -0.05) is 0 Å². The minimum absolute atomic E-state index is 0.0953. The van der Waals surface area contributed by atoms with Crippen LogP contribution in [0.4, 0.5) is 0 Å². The zero-order valence-electron chi connectivity index (χ0n) is 11.1. The van der Waals surface area contributed by atoms with Gasteiger partial charge in [0.05, 0.1) is 35.7 Å². The molecule has 3 rings (SSSR count). The molecule has 0 aliphatic carbocycles. The molecule has 2 heterocycles. The lowest BCUT2D eigenvalue weighted by atomic mass is 10.1. The second kappa shape index (κ2) is 4.89. The lowest BCUT2D eigenvalue weighted by molar-refractivity contribution is 0.415. The summed E-state index contributed by atoms with van der Waals surface area (Å²) < 4.78 is 31.4. The second-order valence-electron chi connectivity index (χ2n) is 5.09. The fourth-order valence-electron chi connectivity index (χ4n) is 2.79. The quantitative estimate of drug-likeness (QED) is 0.865. The Balaban J connectivity index is 2.15. The summed E-state index contributed by atoms with van der Waals surface area (Å²) >= 11 is 5.36. The van der Waals surface area contributed by atoms with Gasteiger partial charge in [-0.2, -0.15) is 0 Å². The molecule has 1 aromatic heterocycles. The first kappa shape index (κ1) is 13.6. The van der Waals surface area contributed by atoms with E-state index in [-0.39, 0.29) is 17.5 Å². The molecule has 7 heteroatoms. The van der Waals surface area contributed by atoms with Gasteiger partial charge in [-0.15, -0.1) is 0 Å². The number of methoxy groups -OCH3 is 1. The maximum absolute atomic E-state index is 11.8. The third-order valence-electron chi connectivity index (χ3n) is 3.73. The monoisotopic (exact) mass is 312 g/mol. The van der Waals surface area contributed by atoms with E-state index >= 15 is 0 Å². The highest BCUT2D eigenvalue weighted by molar-refractivity contribution is 7.91. The summed E-state index contributed by atoms with van der Waals surface area (Å²) in [5.74, 6) is 1.17. The zero-order valence-corrected chi connectivity index (χ0v) is 12.8. The van der Waals surface area contributed by atoms with Crippen molar-refractivity contribution in [2.75, 3.05) is 18.6 Å². The van der Waals surface area contributed by atoms with Gasteiger partial charge in [0.15, 0.2) is 14.6 Å². The summed E-state index contributed by atoms with van der Waals surface area (Å²) in [6.45, 7) is 0. The van der Waals surface area contributed by atoms with Crippen molar-refractivity contribution < 1.29 is 13.2 Å². The van der Waals surface area contributed by atoms with E-state index in [0.29, 0.717) is 11.2 Å². The lowest BCUT2D eigenvalue weighted by Crippen LogP contribution is -2.27. The molecule has 1 aliphatic rings. The van der Waals surface area contributed by atoms with Crippen molar-refractivity contribution in [3.8, 4) is 5.75 Å². The predicted molar refractivity (Wildman–Crippen MR) is 80.6 cm³/mol. The Bertz CT molecular complexity index is 805. The summed E-state index contributed by atoms with van der Waals surface area (Å²) in [5.41, 5.74) is 1.80. The normalized spacial score (nSPS) is 21.9. The van der Waals surface area contributed by atoms with E-state index in [9.17, 15) is 8.42 Å². The molecule has 0 spiro atoms. The molecule has 1 N–H and O–H groups in total. The Morgan fingerprint density at radius 1 is 1.45 bits per heavy atom. The standard InChI is InChI=1S/C13H16N2O3S2/c1-18-10-4-5-11-12(7-10)15(13(19)14-11)9-3-2-6-20(16,17)8-9/h4-5,7,9H,2-3,6,8H2,1H3,(H,14,19). The van der Waals surface area contributed by atoms with Gasteiger partial charge in [-0.25, -0.2) is 8.42 Å². The molecular formula is C13H16N2O3S2. The highest BCUT2D eigenvalue weighted by atomic mass is 32.2. The molecule has 0 radical (unpaired) electrons. The molecule has 1 saturated heterocycles. The lowest BCUT2D eigenvalue weighted by Gasteiger charge is -2.23. The van der Waals surface area contributed by atoms with Crippen LogP contribution >= 0.6 is 12.2 Å². The third kappa shape index (κ3) is 2.35. The molecule has 2 aromatic rings. The van der Waals surface area contributed by atoms with Gasteiger partial charge in [0, 0.05) is 6.07 Å². The Hall–Kier alpha value is -1.34. The number of ether oxygens (including phenoxy) is 1. The van der Waals surface area contributed by atoms with Crippen LogP contribution in [-0.4, -0.2) is 36.6 Å². The fraction of sp³-hybridized carbons (Fsp3) is 0.462. The summed E-state index contributed by atoms with van der Waals surface area (Å²) in [5, 5.41) is 0. The molecule has 5 nitrogen and oxygen atoms in total. The van der Waals surface area contributed by atoms with Gasteiger partial charge in [-0.05, 0) is 37.2 Å². The van der Waals surface area contributed by atoms with Crippen molar-refractivity contribution in [2.24, 2.45) is 0 Å². The van der Waals surface area contributed by atoms with Gasteiger partial charge in [0.2, 0.25) is 0 Å². The maximum Gasteiger partial charge on any atom is 0.178 e. The number of aromatic nitrogens is 2. The molecule has 1 aromatic carbocycles. The van der Waals surface area contributed by atoms with E-state index in [4.69, 9.17) is 17.0 Å². The van der Waals surface area contributed by atoms with Crippen LogP contribution in [0, 0.1) is 4.77 Å². The number of nitrogens with one attached hydrogen (secondary N) is 1. The van der Waals surface area contributed by atoms with Crippen LogP contribution in [0.1, 0.15) is 18.9 Å². The van der Waals surface area contributed by atoms with Crippen LogP contribution in [-0.2, 0) is 9.84 Å². The summed E-state index contributed by atoms with van der Waals surface area (Å²) in [6, 6.07) is 5.55.